The standard InChI is InChI=1S/C11H9BrClF2N5/c1-2-16-10-18-9(13)19-11(20-10)17-8-3-5(12)6(14)4-7(8)15/h3-4H,2H2,1H3,(H2,16,17,18,19,20). The Balaban J connectivity index is 2.32. The molecule has 106 valence electrons. The van der Waals surface area contributed by atoms with Crippen molar-refractivity contribution in [3.63, 3.8) is 0 Å². The van der Waals surface area contributed by atoms with Gasteiger partial charge in [-0.15, -0.1) is 0 Å². The Morgan fingerprint density at radius 1 is 1.15 bits per heavy atom. The molecule has 0 radical (unpaired) electrons. The Morgan fingerprint density at radius 2 is 1.85 bits per heavy atom. The molecule has 0 atom stereocenters. The van der Waals surface area contributed by atoms with Crippen molar-refractivity contribution >= 4 is 45.1 Å². The van der Waals surface area contributed by atoms with Crippen molar-refractivity contribution < 1.29 is 8.78 Å². The molecule has 2 aromatic rings. The Hall–Kier alpha value is -1.54. The number of nitrogens with one attached hydrogen (secondary N) is 2. The van der Waals surface area contributed by atoms with Gasteiger partial charge in [-0.25, -0.2) is 8.78 Å². The molecule has 0 spiro atoms. The van der Waals surface area contributed by atoms with Crippen molar-refractivity contribution in [2.24, 2.45) is 0 Å². The molecular weight excluding hydrogens is 356 g/mol. The first-order chi connectivity index (χ1) is 9.49. The van der Waals surface area contributed by atoms with E-state index in [4.69, 9.17) is 11.6 Å². The van der Waals surface area contributed by atoms with E-state index in [-0.39, 0.29) is 27.3 Å². The molecule has 0 unspecified atom stereocenters. The highest BCUT2D eigenvalue weighted by molar-refractivity contribution is 9.10. The van der Waals surface area contributed by atoms with Crippen LogP contribution in [-0.2, 0) is 0 Å². The summed E-state index contributed by atoms with van der Waals surface area (Å²) < 4.78 is 26.9. The second-order valence-corrected chi connectivity index (χ2v) is 4.85. The van der Waals surface area contributed by atoms with Crippen LogP contribution in [-0.4, -0.2) is 21.5 Å². The van der Waals surface area contributed by atoms with E-state index in [1.807, 2.05) is 6.92 Å². The van der Waals surface area contributed by atoms with Crippen LogP contribution in [0.4, 0.5) is 26.4 Å². The third-order valence-corrected chi connectivity index (χ3v) is 2.98. The maximum absolute atomic E-state index is 13.6. The average Bonchev–Trinajstić information content (AvgIpc) is 2.35. The lowest BCUT2D eigenvalue weighted by Crippen LogP contribution is -2.07. The SMILES string of the molecule is CCNc1nc(Cl)nc(Nc2cc(Br)c(F)cc2F)n1. The third kappa shape index (κ3) is 3.51. The number of benzene rings is 1. The van der Waals surface area contributed by atoms with Crippen molar-refractivity contribution in [1.82, 2.24) is 15.0 Å². The smallest absolute Gasteiger partial charge is 0.233 e. The topological polar surface area (TPSA) is 62.7 Å². The number of hydrogen-bond donors (Lipinski definition) is 2. The maximum atomic E-state index is 13.6. The van der Waals surface area contributed by atoms with Crippen LogP contribution < -0.4 is 10.6 Å². The minimum Gasteiger partial charge on any atom is -0.354 e. The number of hydrogen-bond acceptors (Lipinski definition) is 5. The highest BCUT2D eigenvalue weighted by Gasteiger charge is 2.11. The highest BCUT2D eigenvalue weighted by atomic mass is 79.9. The normalized spacial score (nSPS) is 10.4. The molecule has 0 bridgehead atoms. The van der Waals surface area contributed by atoms with Gasteiger partial charge >= 0.3 is 0 Å². The Labute approximate surface area is 126 Å². The second-order valence-electron chi connectivity index (χ2n) is 3.65. The van der Waals surface area contributed by atoms with Crippen molar-refractivity contribution in [2.75, 3.05) is 17.2 Å². The summed E-state index contributed by atoms with van der Waals surface area (Å²) in [7, 11) is 0. The lowest BCUT2D eigenvalue weighted by atomic mass is 10.3. The molecule has 1 aromatic carbocycles. The lowest BCUT2D eigenvalue weighted by Gasteiger charge is -2.09. The zero-order valence-electron chi connectivity index (χ0n) is 10.2. The zero-order chi connectivity index (χ0) is 14.7. The summed E-state index contributed by atoms with van der Waals surface area (Å²) in [6.07, 6.45) is 0. The van der Waals surface area contributed by atoms with Crippen LogP contribution in [0, 0.1) is 11.6 Å². The molecule has 5 nitrogen and oxygen atoms in total. The summed E-state index contributed by atoms with van der Waals surface area (Å²) in [6.45, 7) is 2.46. The van der Waals surface area contributed by atoms with Crippen LogP contribution in [0.25, 0.3) is 0 Å². The first-order valence-electron chi connectivity index (χ1n) is 5.56. The molecule has 2 N–H and O–H groups in total. The summed E-state index contributed by atoms with van der Waals surface area (Å²) in [6, 6.07) is 2.00. The molecule has 0 aliphatic heterocycles. The lowest BCUT2D eigenvalue weighted by molar-refractivity contribution is 0.581. The predicted molar refractivity (Wildman–Crippen MR) is 76.3 cm³/mol. The van der Waals surface area contributed by atoms with Gasteiger partial charge in [0.25, 0.3) is 0 Å². The second kappa shape index (κ2) is 6.27. The van der Waals surface area contributed by atoms with E-state index in [9.17, 15) is 8.78 Å². The summed E-state index contributed by atoms with van der Waals surface area (Å²) >= 11 is 8.72. The van der Waals surface area contributed by atoms with E-state index >= 15 is 0 Å². The van der Waals surface area contributed by atoms with Crippen LogP contribution in [0.2, 0.25) is 5.28 Å². The maximum Gasteiger partial charge on any atom is 0.233 e. The van der Waals surface area contributed by atoms with Crippen molar-refractivity contribution in [2.45, 2.75) is 6.92 Å². The molecule has 0 aliphatic rings. The number of anilines is 3. The van der Waals surface area contributed by atoms with E-state index in [0.29, 0.717) is 6.54 Å². The molecule has 9 heteroatoms. The molecule has 20 heavy (non-hydrogen) atoms. The van der Waals surface area contributed by atoms with Crippen molar-refractivity contribution in [1.29, 1.82) is 0 Å². The van der Waals surface area contributed by atoms with Crippen LogP contribution in [0.15, 0.2) is 16.6 Å². The monoisotopic (exact) mass is 363 g/mol. The molecule has 0 amide bonds. The summed E-state index contributed by atoms with van der Waals surface area (Å²) in [4.78, 5) is 11.7. The summed E-state index contributed by atoms with van der Waals surface area (Å²) in [5, 5.41) is 5.44. The molecule has 1 aromatic heterocycles. The van der Waals surface area contributed by atoms with Crippen molar-refractivity contribution in [3.8, 4) is 0 Å². The van der Waals surface area contributed by atoms with Crippen LogP contribution >= 0.6 is 27.5 Å². The first kappa shape index (κ1) is 14.9. The molecule has 2 rings (SSSR count). The largest absolute Gasteiger partial charge is 0.354 e. The van der Waals surface area contributed by atoms with Gasteiger partial charge < -0.3 is 10.6 Å². The highest BCUT2D eigenvalue weighted by Crippen LogP contribution is 2.25. The number of rotatable bonds is 4. The Kier molecular flexibility index (Phi) is 4.66. The molecule has 1 heterocycles. The minimum atomic E-state index is -0.771. The number of halogens is 4. The number of nitrogens with zero attached hydrogens (tertiary/aromatic N) is 3. The van der Waals surface area contributed by atoms with Gasteiger partial charge in [-0.2, -0.15) is 15.0 Å². The van der Waals surface area contributed by atoms with Gasteiger partial charge in [0.1, 0.15) is 11.6 Å². The summed E-state index contributed by atoms with van der Waals surface area (Å²) in [5.74, 6) is -1.16. The third-order valence-electron chi connectivity index (χ3n) is 2.20. The van der Waals surface area contributed by atoms with E-state index in [1.54, 1.807) is 0 Å². The molecule has 0 aliphatic carbocycles. The Bertz CT molecular complexity index is 640. The van der Waals surface area contributed by atoms with Crippen molar-refractivity contribution in [3.05, 3.63) is 33.5 Å². The fourth-order valence-corrected chi connectivity index (χ4v) is 1.89. The van der Waals surface area contributed by atoms with E-state index in [2.05, 4.69) is 41.5 Å². The summed E-state index contributed by atoms with van der Waals surface area (Å²) in [5.41, 5.74) is 0.0167. The fourth-order valence-electron chi connectivity index (χ4n) is 1.38. The van der Waals surface area contributed by atoms with Gasteiger partial charge in [-0.05, 0) is 40.5 Å². The van der Waals surface area contributed by atoms with Crippen LogP contribution in [0.3, 0.4) is 0 Å². The Morgan fingerprint density at radius 3 is 2.55 bits per heavy atom. The van der Waals surface area contributed by atoms with E-state index in [0.717, 1.165) is 6.07 Å². The van der Waals surface area contributed by atoms with E-state index in [1.165, 1.54) is 6.07 Å². The minimum absolute atomic E-state index is 0.0167. The zero-order valence-corrected chi connectivity index (χ0v) is 12.6. The first-order valence-corrected chi connectivity index (χ1v) is 6.73. The van der Waals surface area contributed by atoms with Gasteiger partial charge in [0.2, 0.25) is 17.2 Å². The van der Waals surface area contributed by atoms with Gasteiger partial charge in [-0.3, -0.25) is 0 Å². The van der Waals surface area contributed by atoms with Gasteiger partial charge in [0, 0.05) is 12.6 Å². The molecule has 0 fully saturated rings. The van der Waals surface area contributed by atoms with Gasteiger partial charge in [0.05, 0.1) is 10.2 Å². The van der Waals surface area contributed by atoms with Gasteiger partial charge in [-0.1, -0.05) is 0 Å². The van der Waals surface area contributed by atoms with Crippen LogP contribution in [0.5, 0.6) is 0 Å². The van der Waals surface area contributed by atoms with E-state index < -0.39 is 11.6 Å². The average molecular weight is 365 g/mol. The molecule has 0 saturated carbocycles. The fraction of sp³-hybridized carbons (Fsp3) is 0.182. The molecular formula is C11H9BrClF2N5. The quantitative estimate of drug-likeness (QED) is 0.809. The predicted octanol–water partition coefficient (Wildman–Crippen LogP) is 3.74. The van der Waals surface area contributed by atoms with Crippen LogP contribution in [0.1, 0.15) is 6.92 Å². The van der Waals surface area contributed by atoms with Gasteiger partial charge in [0.15, 0.2) is 0 Å². The molecule has 0 saturated heterocycles. The number of aromatic nitrogens is 3.